The van der Waals surface area contributed by atoms with Crippen LogP contribution in [0.1, 0.15) is 12.6 Å². The van der Waals surface area contributed by atoms with Gasteiger partial charge in [-0.05, 0) is 6.92 Å². The van der Waals surface area contributed by atoms with Gasteiger partial charge in [0.25, 0.3) is 0 Å². The van der Waals surface area contributed by atoms with Crippen molar-refractivity contribution in [2.75, 3.05) is 21.1 Å². The van der Waals surface area contributed by atoms with Crippen molar-refractivity contribution in [1.29, 1.82) is 0 Å². The van der Waals surface area contributed by atoms with E-state index in [-0.39, 0.29) is 10.9 Å². The molecule has 0 bridgehead atoms. The number of aromatic nitrogens is 2. The van der Waals surface area contributed by atoms with Crippen molar-refractivity contribution >= 4 is 17.7 Å². The molecule has 12 heteroatoms. The first-order valence-corrected chi connectivity index (χ1v) is 10.1. The molecule has 1 saturated heterocycles. The lowest BCUT2D eigenvalue weighted by Crippen LogP contribution is -2.63. The highest BCUT2D eigenvalue weighted by Crippen LogP contribution is 2.33. The molecular weight excluding hydrogens is 404 g/mol. The number of thioether (sulfide) groups is 1. The zero-order chi connectivity index (χ0) is 22.1. The summed E-state index contributed by atoms with van der Waals surface area (Å²) in [6, 6.07) is -1.65. The Morgan fingerprint density at radius 1 is 1.31 bits per heavy atom. The summed E-state index contributed by atoms with van der Waals surface area (Å²) in [7, 11) is 5.36. The molecule has 0 aromatic carbocycles. The number of aliphatic hydroxyl groups excluding tert-OH is 4. The van der Waals surface area contributed by atoms with Crippen LogP contribution in [-0.4, -0.2) is 115 Å². The smallest absolute Gasteiger partial charge is 0.362 e. The largest absolute Gasteiger partial charge is 0.477 e. The first-order valence-electron chi connectivity index (χ1n) is 9.20. The molecule has 1 aromatic rings. The molecule has 1 aliphatic rings. The zero-order valence-electron chi connectivity index (χ0n) is 16.8. The van der Waals surface area contributed by atoms with E-state index >= 15 is 0 Å². The number of quaternary nitrogens is 1. The number of hydrogen-bond donors (Lipinski definition) is 7. The van der Waals surface area contributed by atoms with E-state index in [4.69, 9.17) is 10.5 Å². The quantitative estimate of drug-likeness (QED) is 0.220. The number of rotatable bonds is 8. The average Bonchev–Trinajstić information content (AvgIpc) is 3.05. The van der Waals surface area contributed by atoms with Crippen molar-refractivity contribution in [3.63, 3.8) is 0 Å². The first-order chi connectivity index (χ1) is 13.3. The molecule has 0 radical (unpaired) electrons. The van der Waals surface area contributed by atoms with Gasteiger partial charge in [0.15, 0.2) is 11.2 Å². The zero-order valence-corrected chi connectivity index (χ0v) is 17.7. The summed E-state index contributed by atoms with van der Waals surface area (Å²) in [5, 5.41) is 50.0. The lowest BCUT2D eigenvalue weighted by atomic mass is 9.93. The van der Waals surface area contributed by atoms with Crippen LogP contribution in [0.2, 0.25) is 0 Å². The minimum absolute atomic E-state index is 0.220. The molecule has 8 atom stereocenters. The molecule has 1 fully saturated rings. The van der Waals surface area contributed by atoms with Crippen molar-refractivity contribution in [1.82, 2.24) is 9.97 Å². The Labute approximate surface area is 173 Å². The van der Waals surface area contributed by atoms with Crippen LogP contribution >= 0.6 is 11.8 Å². The van der Waals surface area contributed by atoms with Gasteiger partial charge in [0, 0.05) is 11.9 Å². The van der Waals surface area contributed by atoms with Gasteiger partial charge >= 0.3 is 5.97 Å². The van der Waals surface area contributed by atoms with E-state index in [2.05, 4.69) is 9.97 Å². The fraction of sp³-hybridized carbons (Fsp3) is 0.765. The third kappa shape index (κ3) is 5.67. The number of nitrogens with two attached hydrogens (primary N) is 1. The maximum atomic E-state index is 11.5. The number of aromatic amines is 1. The lowest BCUT2D eigenvalue weighted by Gasteiger charge is -2.42. The second-order valence-electron chi connectivity index (χ2n) is 8.26. The number of ether oxygens (including phenoxy) is 1. The fourth-order valence-corrected chi connectivity index (χ4v) is 4.08. The predicted molar refractivity (Wildman–Crippen MR) is 104 cm³/mol. The highest BCUT2D eigenvalue weighted by Gasteiger charge is 2.47. The third-order valence-corrected chi connectivity index (χ3v) is 6.06. The van der Waals surface area contributed by atoms with E-state index in [0.717, 1.165) is 11.8 Å². The Balaban J connectivity index is 2.12. The van der Waals surface area contributed by atoms with Gasteiger partial charge in [0.1, 0.15) is 29.9 Å². The molecule has 8 N–H and O–H groups in total. The van der Waals surface area contributed by atoms with Gasteiger partial charge in [-0.2, -0.15) is 0 Å². The molecule has 1 aromatic heterocycles. The first kappa shape index (κ1) is 24.0. The summed E-state index contributed by atoms with van der Waals surface area (Å²) >= 11 is 0.975. The molecule has 11 nitrogen and oxygen atoms in total. The number of carbonyl (C=O) groups is 1. The Kier molecular flexibility index (Phi) is 7.68. The number of H-pyrrole nitrogens is 1. The van der Waals surface area contributed by atoms with Crippen molar-refractivity contribution in [3.8, 4) is 0 Å². The van der Waals surface area contributed by atoms with E-state index in [1.165, 1.54) is 13.1 Å². The second kappa shape index (κ2) is 9.27. The van der Waals surface area contributed by atoms with Crippen molar-refractivity contribution in [2.24, 2.45) is 5.73 Å². The molecule has 0 amide bonds. The van der Waals surface area contributed by atoms with Crippen molar-refractivity contribution in [3.05, 3.63) is 11.9 Å². The van der Waals surface area contributed by atoms with Crippen LogP contribution in [0.25, 0.3) is 0 Å². The van der Waals surface area contributed by atoms with E-state index < -0.39 is 54.0 Å². The number of aliphatic hydroxyl groups is 4. The van der Waals surface area contributed by atoms with Crippen LogP contribution in [-0.2, 0) is 16.0 Å². The maximum absolute atomic E-state index is 11.5. The normalized spacial score (nSPS) is 31.3. The number of carboxylic acids is 1. The lowest BCUT2D eigenvalue weighted by molar-refractivity contribution is -0.887. The summed E-state index contributed by atoms with van der Waals surface area (Å²) in [6.45, 7) is 1.44. The van der Waals surface area contributed by atoms with Gasteiger partial charge < -0.3 is 45.5 Å². The van der Waals surface area contributed by atoms with Gasteiger partial charge in [0.2, 0.25) is 0 Å². The van der Waals surface area contributed by atoms with E-state index in [1.54, 1.807) is 21.1 Å². The number of carboxylic acid groups (broad SMARTS) is 1. The second-order valence-corrected chi connectivity index (χ2v) is 9.35. The Hall–Kier alpha value is -1.25. The SMILES string of the molecule is C[C@@H](O)[C@@H](N)[C@H]1O[C@@H](Sc2ncc(C[C@@H](C(=O)O)[N+](C)(C)C)[nH]2)[C@H](O)[C@@H](O)[C@H]1O. The van der Waals surface area contributed by atoms with Gasteiger partial charge in [-0.15, -0.1) is 0 Å². The molecule has 0 spiro atoms. The molecule has 1 aliphatic heterocycles. The number of imidazole rings is 1. The molecule has 0 aliphatic carbocycles. The molecule has 0 unspecified atom stereocenters. The highest BCUT2D eigenvalue weighted by atomic mass is 32.2. The summed E-state index contributed by atoms with van der Waals surface area (Å²) in [4.78, 5) is 18.7. The Morgan fingerprint density at radius 3 is 2.45 bits per heavy atom. The molecule has 2 rings (SSSR count). The number of aliphatic carboxylic acids is 1. The Morgan fingerprint density at radius 2 is 1.93 bits per heavy atom. The van der Waals surface area contributed by atoms with Crippen molar-refractivity contribution in [2.45, 2.75) is 66.5 Å². The summed E-state index contributed by atoms with van der Waals surface area (Å²) in [5.41, 5.74) is 5.44. The number of likely N-dealkylation sites (N-methyl/N-ethyl adjacent to an activating group) is 1. The molecule has 166 valence electrons. The van der Waals surface area contributed by atoms with Crippen LogP contribution in [0.3, 0.4) is 0 Å². The van der Waals surface area contributed by atoms with Gasteiger partial charge in [-0.1, -0.05) is 11.8 Å². The van der Waals surface area contributed by atoms with Gasteiger partial charge in [0.05, 0.1) is 39.7 Å². The van der Waals surface area contributed by atoms with E-state index in [1.807, 2.05) is 0 Å². The molecular formula is C17H31N4O7S+. The van der Waals surface area contributed by atoms with E-state index in [0.29, 0.717) is 10.9 Å². The number of hydrogen-bond acceptors (Lipinski definition) is 9. The molecule has 2 heterocycles. The topological polar surface area (TPSA) is 182 Å². The Bertz CT molecular complexity index is 696. The standard InChI is InChI=1S/C17H30N4O7S/c1-7(22)10(18)14-12(24)11(23)13(25)16(28-14)29-17-19-6-8(20-17)5-9(15(26)27)21(2,3)4/h6-7,9-14,16,22-25H,5,18H2,1-4H3,(H-,19,20,26,27)/p+1/t7-,9+,10-,11+,12-,13-,14-,16+/m1/s1. The molecule has 0 saturated carbocycles. The molecule has 29 heavy (non-hydrogen) atoms. The number of nitrogens with one attached hydrogen (secondary N) is 1. The van der Waals surface area contributed by atoms with Crippen LogP contribution in [0.5, 0.6) is 0 Å². The number of nitrogens with zero attached hydrogens (tertiary/aromatic N) is 2. The van der Waals surface area contributed by atoms with Crippen LogP contribution in [0.15, 0.2) is 11.4 Å². The van der Waals surface area contributed by atoms with Crippen LogP contribution in [0.4, 0.5) is 0 Å². The third-order valence-electron chi connectivity index (χ3n) is 5.01. The maximum Gasteiger partial charge on any atom is 0.362 e. The average molecular weight is 436 g/mol. The van der Waals surface area contributed by atoms with Crippen molar-refractivity contribution < 1.29 is 39.5 Å². The minimum Gasteiger partial charge on any atom is -0.477 e. The van der Waals surface area contributed by atoms with E-state index in [9.17, 15) is 30.3 Å². The summed E-state index contributed by atoms with van der Waals surface area (Å²) < 4.78 is 5.88. The predicted octanol–water partition coefficient (Wildman–Crippen LogP) is -2.28. The summed E-state index contributed by atoms with van der Waals surface area (Å²) in [5.74, 6) is -0.931. The monoisotopic (exact) mass is 435 g/mol. The van der Waals surface area contributed by atoms with Gasteiger partial charge in [-0.3, -0.25) is 0 Å². The van der Waals surface area contributed by atoms with Gasteiger partial charge in [-0.25, -0.2) is 9.78 Å². The fourth-order valence-electron chi connectivity index (χ4n) is 3.08. The van der Waals surface area contributed by atoms with Crippen LogP contribution in [0, 0.1) is 0 Å². The highest BCUT2D eigenvalue weighted by molar-refractivity contribution is 7.99. The van der Waals surface area contributed by atoms with Crippen LogP contribution < -0.4 is 5.73 Å². The summed E-state index contributed by atoms with van der Waals surface area (Å²) in [6.07, 6.45) is -4.75. The minimum atomic E-state index is -1.51.